The van der Waals surface area contributed by atoms with Crippen LogP contribution in [0, 0.1) is 5.92 Å². The smallest absolute Gasteiger partial charge is 0.463 e. The number of ether oxygens (including phenoxy) is 13. The summed E-state index contributed by atoms with van der Waals surface area (Å²) in [5.74, 6) is -1.60. The van der Waals surface area contributed by atoms with E-state index >= 15 is 0 Å². The third-order valence-corrected chi connectivity index (χ3v) is 22.7. The van der Waals surface area contributed by atoms with Crippen LogP contribution < -0.4 is 0 Å². The van der Waals surface area contributed by atoms with E-state index in [1.807, 2.05) is 0 Å². The standard InChI is InChI=1S/C74H133O39P/c1-5-8-10-12-14-16-21-26-30-47(78)100-36-43-51(82)56(87)64(95)72(108-43)110-66-60(91)58(89)61(92)67(69(66)113-114(97,98)103-35-40(104-48(79)31-27-23-17-15-13-11-9-6-2)34-99-46(77)29-25-22-19-18-20-24-28-39(4)7-3)111-73-65(96)57(88)53(84)45(109-73)37-101-70-62(93)55(86)52(83)44(107-70)38-102-74-68(59(90)50(81)42(33-76)106-74)112-71-63(94)54(85)49(80)41(32-75)105-71/h39-45,49-76,80-96H,5-38H2,1-4H3,(H,97,98)/t39-,40-,41-,42-,43-,44-,45-,49-,50-,51-,52-,53-,54+,55+,56+,57+,58-,59+,60-,61+,62+,63+,64+,65+,66-,67-,68+,69-,70+,71-,72-,73-,74+/m1/s1. The molecule has 5 saturated heterocycles. The van der Waals surface area contributed by atoms with Crippen molar-refractivity contribution in [3.63, 3.8) is 0 Å². The number of hydrogen-bond donors (Lipinski definition) is 20. The summed E-state index contributed by atoms with van der Waals surface area (Å²) in [4.78, 5) is 51.3. The van der Waals surface area contributed by atoms with Crippen LogP contribution in [0.3, 0.4) is 0 Å². The molecular formula is C74H133O39P. The lowest BCUT2D eigenvalue weighted by molar-refractivity contribution is -0.375. The fraction of sp³-hybridized carbons (Fsp3) is 0.959. The minimum absolute atomic E-state index is 0.0307. The number of esters is 3. The van der Waals surface area contributed by atoms with E-state index in [1.54, 1.807) is 0 Å². The summed E-state index contributed by atoms with van der Waals surface area (Å²) in [7, 11) is -5.90. The third kappa shape index (κ3) is 30.4. The molecule has 1 aliphatic carbocycles. The van der Waals surface area contributed by atoms with Crippen molar-refractivity contribution in [3.8, 4) is 0 Å². The molecule has 1 unspecified atom stereocenters. The molecule has 0 amide bonds. The Morgan fingerprint density at radius 2 is 0.684 bits per heavy atom. The fourth-order valence-electron chi connectivity index (χ4n) is 14.2. The van der Waals surface area contributed by atoms with Crippen molar-refractivity contribution in [2.75, 3.05) is 46.2 Å². The van der Waals surface area contributed by atoms with Crippen molar-refractivity contribution in [1.82, 2.24) is 0 Å². The highest BCUT2D eigenvalue weighted by Crippen LogP contribution is 2.49. The molecule has 114 heavy (non-hydrogen) atoms. The van der Waals surface area contributed by atoms with Gasteiger partial charge >= 0.3 is 25.7 Å². The molecule has 0 aromatic heterocycles. The monoisotopic (exact) mass is 1680 g/mol. The Bertz CT molecular complexity index is 2720. The normalized spacial score (nSPS) is 37.9. The average molecular weight is 1680 g/mol. The Kier molecular flexibility index (Phi) is 45.1. The molecule has 1 saturated carbocycles. The Hall–Kier alpha value is -2.64. The fourth-order valence-corrected chi connectivity index (χ4v) is 15.2. The molecule has 0 bridgehead atoms. The van der Waals surface area contributed by atoms with E-state index in [2.05, 4.69) is 27.7 Å². The molecule has 5 heterocycles. The van der Waals surface area contributed by atoms with Gasteiger partial charge in [-0.25, -0.2) is 4.57 Å². The molecule has 0 radical (unpaired) electrons. The third-order valence-electron chi connectivity index (χ3n) is 21.7. The summed E-state index contributed by atoms with van der Waals surface area (Å²) in [6.45, 7) is 2.16. The number of carbonyl (C=O) groups is 3. The molecule has 6 rings (SSSR count). The highest BCUT2D eigenvalue weighted by Gasteiger charge is 2.59. The number of carbonyl (C=O) groups excluding carboxylic acids is 3. The van der Waals surface area contributed by atoms with Gasteiger partial charge in [0.1, 0.15) is 172 Å². The minimum atomic E-state index is -5.90. The lowest BCUT2D eigenvalue weighted by Crippen LogP contribution is -2.69. The quantitative estimate of drug-likeness (QED) is 0.0131. The lowest BCUT2D eigenvalue weighted by Gasteiger charge is -2.49. The van der Waals surface area contributed by atoms with Crippen molar-refractivity contribution >= 4 is 25.7 Å². The zero-order valence-corrected chi connectivity index (χ0v) is 66.6. The molecule has 34 atom stereocenters. The van der Waals surface area contributed by atoms with Crippen molar-refractivity contribution < 1.29 is 191 Å². The van der Waals surface area contributed by atoms with Gasteiger partial charge < -0.3 is 163 Å². The molecule has 39 nitrogen and oxygen atoms in total. The number of hydrogen-bond acceptors (Lipinski definition) is 38. The summed E-state index contributed by atoms with van der Waals surface area (Å²) in [5.41, 5.74) is 0. The Labute approximate surface area is 664 Å². The molecule has 0 aromatic rings. The van der Waals surface area contributed by atoms with Gasteiger partial charge in [0.2, 0.25) is 0 Å². The van der Waals surface area contributed by atoms with Crippen LogP contribution in [0.2, 0.25) is 0 Å². The van der Waals surface area contributed by atoms with Crippen LogP contribution in [0.15, 0.2) is 0 Å². The highest BCUT2D eigenvalue weighted by molar-refractivity contribution is 7.47. The molecule has 5 aliphatic heterocycles. The maximum Gasteiger partial charge on any atom is 0.472 e. The predicted molar refractivity (Wildman–Crippen MR) is 389 cm³/mol. The number of unbranched alkanes of at least 4 members (excludes halogenated alkanes) is 19. The van der Waals surface area contributed by atoms with Crippen molar-refractivity contribution in [1.29, 1.82) is 0 Å². The summed E-state index contributed by atoms with van der Waals surface area (Å²) in [5, 5.41) is 210. The second-order valence-electron chi connectivity index (χ2n) is 30.8. The largest absolute Gasteiger partial charge is 0.472 e. The molecule has 0 spiro atoms. The maximum atomic E-state index is 14.6. The van der Waals surface area contributed by atoms with Gasteiger partial charge in [-0.2, -0.15) is 0 Å². The minimum Gasteiger partial charge on any atom is -0.463 e. The van der Waals surface area contributed by atoms with Gasteiger partial charge in [-0.05, 0) is 25.2 Å². The molecule has 6 fully saturated rings. The van der Waals surface area contributed by atoms with E-state index < -0.39 is 268 Å². The van der Waals surface area contributed by atoms with Crippen LogP contribution in [0.5, 0.6) is 0 Å². The molecule has 20 N–H and O–H groups in total. The van der Waals surface area contributed by atoms with Crippen LogP contribution in [-0.4, -0.2) is 362 Å². The van der Waals surface area contributed by atoms with E-state index in [9.17, 15) is 121 Å². The van der Waals surface area contributed by atoms with E-state index in [0.717, 1.165) is 116 Å². The summed E-state index contributed by atoms with van der Waals surface area (Å²) in [6, 6.07) is 0. The van der Waals surface area contributed by atoms with Gasteiger partial charge in [0, 0.05) is 19.3 Å². The van der Waals surface area contributed by atoms with E-state index in [-0.39, 0.29) is 19.3 Å². The SMILES string of the molecule is CCCCCCCCCCC(=O)OC[C@H]1O[C@H](O[C@@H]2[C@H](O)[C@@H](O)[C@H](O)[C@@H](O[C@H]3O[C@H](CO[C@H]4O[C@H](CO[C@H]5O[C@H](CO)[C@@H](O)[C@H](O)[C@@H]5O[C@H]5O[C@H](CO)[C@@H](O)[C@H](O)[C@@H]5O)[C@@H](O)[C@H](O)[C@@H]4O)[C@@H](O)[C@H](O)[C@@H]3O)[C@@H]2OP(=O)(O)OC[C@@H](COC(=O)CCCCCCCC[C@H](C)CC)OC(=O)CCCCCCCCCC)[C@@H](O)[C@@H](O)[C@@H]1O. The van der Waals surface area contributed by atoms with Gasteiger partial charge in [0.25, 0.3) is 0 Å². The van der Waals surface area contributed by atoms with Crippen molar-refractivity contribution in [2.24, 2.45) is 5.92 Å². The number of rotatable bonds is 52. The topological polar surface area (TPSA) is 611 Å². The molecule has 6 aliphatic rings. The average Bonchev–Trinajstić information content (AvgIpc) is 0.758. The molecule has 40 heteroatoms. The Morgan fingerprint density at radius 1 is 0.351 bits per heavy atom. The van der Waals surface area contributed by atoms with Gasteiger partial charge in [-0.3, -0.25) is 23.4 Å². The highest BCUT2D eigenvalue weighted by atomic mass is 31.2. The van der Waals surface area contributed by atoms with Crippen LogP contribution in [-0.2, 0) is 89.6 Å². The Morgan fingerprint density at radius 3 is 1.13 bits per heavy atom. The maximum absolute atomic E-state index is 14.6. The summed E-state index contributed by atoms with van der Waals surface area (Å²) < 4.78 is 99.8. The number of phosphoric acid groups is 1. The molecule has 668 valence electrons. The van der Waals surface area contributed by atoms with Crippen LogP contribution in [0.25, 0.3) is 0 Å². The zero-order chi connectivity index (χ0) is 83.9. The first-order valence-electron chi connectivity index (χ1n) is 40.8. The summed E-state index contributed by atoms with van der Waals surface area (Å²) in [6.07, 6.45) is -46.4. The van der Waals surface area contributed by atoms with Crippen LogP contribution >= 0.6 is 7.82 Å². The van der Waals surface area contributed by atoms with Crippen molar-refractivity contribution in [2.45, 2.75) is 397 Å². The second-order valence-corrected chi connectivity index (χ2v) is 32.2. The van der Waals surface area contributed by atoms with Crippen molar-refractivity contribution in [3.05, 3.63) is 0 Å². The van der Waals surface area contributed by atoms with Crippen LogP contribution in [0.4, 0.5) is 0 Å². The number of aliphatic hydroxyl groups excluding tert-OH is 19. The number of aliphatic hydroxyl groups is 19. The van der Waals surface area contributed by atoms with Gasteiger partial charge in [-0.15, -0.1) is 0 Å². The van der Waals surface area contributed by atoms with Gasteiger partial charge in [0.15, 0.2) is 37.6 Å². The second kappa shape index (κ2) is 51.3. The predicted octanol–water partition coefficient (Wildman–Crippen LogP) is -2.34. The van der Waals surface area contributed by atoms with Crippen LogP contribution in [0.1, 0.15) is 201 Å². The van der Waals surface area contributed by atoms with E-state index in [1.165, 1.54) is 0 Å². The van der Waals surface area contributed by atoms with E-state index in [0.29, 0.717) is 44.4 Å². The zero-order valence-electron chi connectivity index (χ0n) is 65.7. The molecular weight excluding hydrogens is 1540 g/mol. The lowest BCUT2D eigenvalue weighted by atomic mass is 9.84. The molecule has 0 aromatic carbocycles. The first kappa shape index (κ1) is 100. The summed E-state index contributed by atoms with van der Waals surface area (Å²) >= 11 is 0. The first-order chi connectivity index (χ1) is 54.3. The van der Waals surface area contributed by atoms with Gasteiger partial charge in [0.05, 0.1) is 33.0 Å². The van der Waals surface area contributed by atoms with Gasteiger partial charge in [-0.1, -0.05) is 163 Å². The number of phosphoric ester groups is 1. The first-order valence-corrected chi connectivity index (χ1v) is 42.2. The van der Waals surface area contributed by atoms with E-state index in [4.69, 9.17) is 70.6 Å². The Balaban J connectivity index is 1.23.